The number of ether oxygens (including phenoxy) is 1. The summed E-state index contributed by atoms with van der Waals surface area (Å²) in [6.07, 6.45) is 0. The third-order valence-electron chi connectivity index (χ3n) is 3.03. The molecule has 0 heterocycles. The minimum absolute atomic E-state index is 0.112. The zero-order chi connectivity index (χ0) is 17.4. The standard InChI is InChI=1S/C17H22N2O4/c1-11(2)15(19-16(21)12(3)18-13(4)20)17(22)23-10-14-8-6-5-7-9-14/h5-9,11,15H,3,10H2,1-2,4H3,(H,18,20)(H,19,21). The van der Waals surface area contributed by atoms with Crippen molar-refractivity contribution in [1.29, 1.82) is 0 Å². The zero-order valence-corrected chi connectivity index (χ0v) is 13.6. The second-order valence-electron chi connectivity index (χ2n) is 5.45. The maximum atomic E-state index is 12.2. The minimum Gasteiger partial charge on any atom is -0.459 e. The molecule has 1 aromatic rings. The van der Waals surface area contributed by atoms with E-state index >= 15 is 0 Å². The van der Waals surface area contributed by atoms with Crippen LogP contribution in [-0.2, 0) is 25.7 Å². The first-order valence-corrected chi connectivity index (χ1v) is 7.29. The van der Waals surface area contributed by atoms with E-state index in [1.165, 1.54) is 6.92 Å². The van der Waals surface area contributed by atoms with Crippen LogP contribution in [0, 0.1) is 5.92 Å². The maximum absolute atomic E-state index is 12.2. The van der Waals surface area contributed by atoms with E-state index in [0.717, 1.165) is 5.56 Å². The Morgan fingerprint density at radius 3 is 2.30 bits per heavy atom. The fraction of sp³-hybridized carbons (Fsp3) is 0.353. The van der Waals surface area contributed by atoms with E-state index in [1.807, 2.05) is 30.3 Å². The Balaban J connectivity index is 2.63. The number of benzene rings is 1. The molecule has 2 amide bonds. The van der Waals surface area contributed by atoms with Crippen LogP contribution in [0.1, 0.15) is 26.3 Å². The van der Waals surface area contributed by atoms with Crippen molar-refractivity contribution < 1.29 is 19.1 Å². The summed E-state index contributed by atoms with van der Waals surface area (Å²) in [4.78, 5) is 35.1. The third-order valence-corrected chi connectivity index (χ3v) is 3.03. The normalized spacial score (nSPS) is 11.5. The van der Waals surface area contributed by atoms with Crippen molar-refractivity contribution in [3.05, 3.63) is 48.2 Å². The van der Waals surface area contributed by atoms with Crippen molar-refractivity contribution in [2.75, 3.05) is 0 Å². The number of carbonyl (C=O) groups is 3. The molecule has 0 fully saturated rings. The van der Waals surface area contributed by atoms with Gasteiger partial charge in [-0.1, -0.05) is 50.8 Å². The summed E-state index contributed by atoms with van der Waals surface area (Å²) in [6, 6.07) is 8.43. The van der Waals surface area contributed by atoms with Crippen LogP contribution in [0.2, 0.25) is 0 Å². The number of nitrogens with one attached hydrogen (secondary N) is 2. The average Bonchev–Trinajstić information content (AvgIpc) is 2.50. The molecule has 1 unspecified atom stereocenters. The lowest BCUT2D eigenvalue weighted by Gasteiger charge is -2.21. The van der Waals surface area contributed by atoms with Gasteiger partial charge in [0.1, 0.15) is 12.6 Å². The molecule has 0 aliphatic heterocycles. The lowest BCUT2D eigenvalue weighted by Crippen LogP contribution is -2.47. The summed E-state index contributed by atoms with van der Waals surface area (Å²) in [5.74, 6) is -1.73. The van der Waals surface area contributed by atoms with E-state index in [4.69, 9.17) is 4.74 Å². The van der Waals surface area contributed by atoms with Gasteiger partial charge in [0.2, 0.25) is 5.91 Å². The van der Waals surface area contributed by atoms with Gasteiger partial charge in [-0.25, -0.2) is 4.79 Å². The first kappa shape index (κ1) is 18.4. The molecule has 0 aromatic heterocycles. The summed E-state index contributed by atoms with van der Waals surface area (Å²) >= 11 is 0. The van der Waals surface area contributed by atoms with Crippen LogP contribution in [0.15, 0.2) is 42.6 Å². The van der Waals surface area contributed by atoms with Gasteiger partial charge in [-0.15, -0.1) is 0 Å². The number of hydrogen-bond donors (Lipinski definition) is 2. The van der Waals surface area contributed by atoms with Gasteiger partial charge in [0.25, 0.3) is 5.91 Å². The molecule has 0 radical (unpaired) electrons. The van der Waals surface area contributed by atoms with Crippen molar-refractivity contribution in [3.63, 3.8) is 0 Å². The van der Waals surface area contributed by atoms with Gasteiger partial charge in [-0.2, -0.15) is 0 Å². The topological polar surface area (TPSA) is 84.5 Å². The minimum atomic E-state index is -0.822. The highest BCUT2D eigenvalue weighted by Gasteiger charge is 2.26. The van der Waals surface area contributed by atoms with E-state index in [0.29, 0.717) is 0 Å². The smallest absolute Gasteiger partial charge is 0.329 e. The van der Waals surface area contributed by atoms with Crippen LogP contribution in [0.3, 0.4) is 0 Å². The van der Waals surface area contributed by atoms with Gasteiger partial charge >= 0.3 is 5.97 Å². The number of amides is 2. The number of carbonyl (C=O) groups excluding carboxylic acids is 3. The summed E-state index contributed by atoms with van der Waals surface area (Å²) in [5, 5.41) is 4.82. The van der Waals surface area contributed by atoms with Crippen molar-refractivity contribution in [1.82, 2.24) is 10.6 Å². The molecule has 1 atom stereocenters. The molecule has 0 aliphatic carbocycles. The van der Waals surface area contributed by atoms with Gasteiger partial charge in [-0.05, 0) is 11.5 Å². The Labute approximate surface area is 135 Å². The second-order valence-corrected chi connectivity index (χ2v) is 5.45. The first-order chi connectivity index (χ1) is 10.8. The fourth-order valence-electron chi connectivity index (χ4n) is 1.81. The van der Waals surface area contributed by atoms with Crippen molar-refractivity contribution in [2.24, 2.45) is 5.92 Å². The van der Waals surface area contributed by atoms with Gasteiger partial charge in [0, 0.05) is 6.92 Å². The summed E-state index contributed by atoms with van der Waals surface area (Å²) < 4.78 is 5.24. The molecule has 23 heavy (non-hydrogen) atoms. The summed E-state index contributed by atoms with van der Waals surface area (Å²) in [6.45, 7) is 8.44. The lowest BCUT2D eigenvalue weighted by molar-refractivity contribution is -0.150. The Morgan fingerprint density at radius 2 is 1.78 bits per heavy atom. The molecule has 0 spiro atoms. The van der Waals surface area contributed by atoms with E-state index in [9.17, 15) is 14.4 Å². The van der Waals surface area contributed by atoms with Gasteiger partial charge in [0.15, 0.2) is 0 Å². The number of hydrogen-bond acceptors (Lipinski definition) is 4. The molecule has 0 saturated heterocycles. The third kappa shape index (κ3) is 6.34. The molecule has 0 aliphatic rings. The highest BCUT2D eigenvalue weighted by atomic mass is 16.5. The molecule has 6 nitrogen and oxygen atoms in total. The van der Waals surface area contributed by atoms with Crippen LogP contribution < -0.4 is 10.6 Å². The first-order valence-electron chi connectivity index (χ1n) is 7.29. The molecule has 1 aromatic carbocycles. The molecule has 1 rings (SSSR count). The summed E-state index contributed by atoms with van der Waals surface area (Å²) in [5.41, 5.74) is 0.747. The van der Waals surface area contributed by atoms with E-state index in [1.54, 1.807) is 13.8 Å². The highest BCUT2D eigenvalue weighted by Crippen LogP contribution is 2.08. The quantitative estimate of drug-likeness (QED) is 0.590. The van der Waals surface area contributed by atoms with E-state index < -0.39 is 23.8 Å². The van der Waals surface area contributed by atoms with Crippen LogP contribution in [-0.4, -0.2) is 23.8 Å². The fourth-order valence-corrected chi connectivity index (χ4v) is 1.81. The van der Waals surface area contributed by atoms with E-state index in [-0.39, 0.29) is 18.2 Å². The summed E-state index contributed by atoms with van der Waals surface area (Å²) in [7, 11) is 0. The van der Waals surface area contributed by atoms with Gasteiger partial charge in [-0.3, -0.25) is 9.59 Å². The van der Waals surface area contributed by atoms with Crippen LogP contribution in [0.25, 0.3) is 0 Å². The lowest BCUT2D eigenvalue weighted by atomic mass is 10.0. The van der Waals surface area contributed by atoms with Gasteiger partial charge in [0.05, 0.1) is 5.70 Å². The Morgan fingerprint density at radius 1 is 1.17 bits per heavy atom. The predicted molar refractivity (Wildman–Crippen MR) is 86.0 cm³/mol. The molecule has 0 bridgehead atoms. The maximum Gasteiger partial charge on any atom is 0.329 e. The predicted octanol–water partition coefficient (Wildman–Crippen LogP) is 1.52. The number of rotatable bonds is 7. The molecule has 6 heteroatoms. The van der Waals surface area contributed by atoms with Crippen LogP contribution >= 0.6 is 0 Å². The Hall–Kier alpha value is -2.63. The molecule has 0 saturated carbocycles. The number of esters is 1. The highest BCUT2D eigenvalue weighted by molar-refractivity contribution is 5.98. The zero-order valence-electron chi connectivity index (χ0n) is 13.6. The Bertz CT molecular complexity index is 582. The molecule has 2 N–H and O–H groups in total. The van der Waals surface area contributed by atoms with Crippen molar-refractivity contribution in [2.45, 2.75) is 33.4 Å². The van der Waals surface area contributed by atoms with E-state index in [2.05, 4.69) is 17.2 Å². The Kier molecular flexibility index (Phi) is 6.99. The van der Waals surface area contributed by atoms with Gasteiger partial charge < -0.3 is 15.4 Å². The molecular formula is C17H22N2O4. The van der Waals surface area contributed by atoms with Crippen LogP contribution in [0.4, 0.5) is 0 Å². The van der Waals surface area contributed by atoms with Crippen LogP contribution in [0.5, 0.6) is 0 Å². The monoisotopic (exact) mass is 318 g/mol. The largest absolute Gasteiger partial charge is 0.459 e. The average molecular weight is 318 g/mol. The molecule has 124 valence electrons. The molecular weight excluding hydrogens is 296 g/mol. The van der Waals surface area contributed by atoms with Crippen molar-refractivity contribution >= 4 is 17.8 Å². The van der Waals surface area contributed by atoms with Crippen molar-refractivity contribution in [3.8, 4) is 0 Å². The SMILES string of the molecule is C=C(NC(C)=O)C(=O)NC(C(=O)OCc1ccccc1)C(C)C. The second kappa shape index (κ2) is 8.73.